The third kappa shape index (κ3) is 2.52. The molecule has 5 heteroatoms. The molecule has 1 aliphatic heterocycles. The Hall–Kier alpha value is -1.35. The van der Waals surface area contributed by atoms with Gasteiger partial charge in [-0.25, -0.2) is 4.79 Å². The minimum Gasteiger partial charge on any atom is -0.486 e. The average Bonchev–Trinajstić information content (AvgIpc) is 3.00. The van der Waals surface area contributed by atoms with Crippen LogP contribution in [0.2, 0.25) is 5.02 Å². The zero-order valence-electron chi connectivity index (χ0n) is 10.4. The minimum absolute atomic E-state index is 0.0752. The van der Waals surface area contributed by atoms with Crippen LogP contribution in [0, 0.1) is 0 Å². The molecule has 1 unspecified atom stereocenters. The van der Waals surface area contributed by atoms with Crippen LogP contribution in [-0.4, -0.2) is 25.4 Å². The summed E-state index contributed by atoms with van der Waals surface area (Å²) in [6.07, 6.45) is 4.35. The summed E-state index contributed by atoms with van der Waals surface area (Å²) in [5.74, 6) is 0.659. The molecular formula is C14H14ClNO3. The fourth-order valence-corrected chi connectivity index (χ4v) is 2.57. The summed E-state index contributed by atoms with van der Waals surface area (Å²) in [6.45, 7) is 1.34. The number of carbonyl (C=O) groups excluding carboxylic acids is 1. The van der Waals surface area contributed by atoms with Gasteiger partial charge in [0, 0.05) is 6.42 Å². The molecule has 1 saturated carbocycles. The summed E-state index contributed by atoms with van der Waals surface area (Å²) in [4.78, 5) is 14.3. The lowest BCUT2D eigenvalue weighted by atomic mass is 10.1. The summed E-state index contributed by atoms with van der Waals surface area (Å²) in [6, 6.07) is 5.60. The van der Waals surface area contributed by atoms with Crippen molar-refractivity contribution in [2.24, 2.45) is 4.99 Å². The molecule has 1 aliphatic carbocycles. The molecule has 1 heterocycles. The minimum atomic E-state index is -0.389. The Labute approximate surface area is 116 Å². The van der Waals surface area contributed by atoms with Crippen molar-refractivity contribution in [1.29, 1.82) is 0 Å². The molecule has 0 radical (unpaired) electrons. The Morgan fingerprint density at radius 2 is 2.32 bits per heavy atom. The van der Waals surface area contributed by atoms with Gasteiger partial charge >= 0.3 is 0 Å². The fourth-order valence-electron chi connectivity index (χ4n) is 2.34. The van der Waals surface area contributed by atoms with Gasteiger partial charge < -0.3 is 9.47 Å². The largest absolute Gasteiger partial charge is 0.486 e. The quantitative estimate of drug-likeness (QED) is 0.629. The molecular weight excluding hydrogens is 266 g/mol. The van der Waals surface area contributed by atoms with Gasteiger partial charge in [-0.2, -0.15) is 4.99 Å². The van der Waals surface area contributed by atoms with Gasteiger partial charge in [-0.1, -0.05) is 17.7 Å². The Balaban J connectivity index is 1.79. The van der Waals surface area contributed by atoms with Gasteiger partial charge in [-0.05, 0) is 30.5 Å². The van der Waals surface area contributed by atoms with E-state index < -0.39 is 0 Å². The van der Waals surface area contributed by atoms with Crippen LogP contribution in [0.4, 0.5) is 0 Å². The molecule has 0 aromatic heterocycles. The van der Waals surface area contributed by atoms with E-state index in [1.165, 1.54) is 0 Å². The standard InChI is InChI=1S/C14H14ClNO3/c15-12-7-10(14(4-5-14)16-9-17)1-2-13(12)19-11-3-6-18-8-11/h1-2,7,11H,3-6,8H2. The van der Waals surface area contributed by atoms with Crippen molar-refractivity contribution >= 4 is 17.7 Å². The van der Waals surface area contributed by atoms with Crippen LogP contribution < -0.4 is 4.74 Å². The highest BCUT2D eigenvalue weighted by molar-refractivity contribution is 6.32. The molecule has 0 amide bonds. The second-order valence-electron chi connectivity index (χ2n) is 4.98. The Morgan fingerprint density at radius 1 is 1.47 bits per heavy atom. The van der Waals surface area contributed by atoms with Crippen molar-refractivity contribution in [2.75, 3.05) is 13.2 Å². The first-order valence-corrected chi connectivity index (χ1v) is 6.75. The van der Waals surface area contributed by atoms with Crippen molar-refractivity contribution in [3.05, 3.63) is 28.8 Å². The third-order valence-corrected chi connectivity index (χ3v) is 3.93. The lowest BCUT2D eigenvalue weighted by molar-refractivity contribution is 0.141. The van der Waals surface area contributed by atoms with E-state index in [1.807, 2.05) is 18.2 Å². The smallest absolute Gasteiger partial charge is 0.235 e. The summed E-state index contributed by atoms with van der Waals surface area (Å²) in [7, 11) is 0. The van der Waals surface area contributed by atoms with Crippen LogP contribution in [0.25, 0.3) is 0 Å². The molecule has 1 saturated heterocycles. The van der Waals surface area contributed by atoms with Crippen molar-refractivity contribution in [3.8, 4) is 5.75 Å². The number of benzene rings is 1. The first-order chi connectivity index (χ1) is 9.23. The maximum absolute atomic E-state index is 10.5. The molecule has 0 spiro atoms. The van der Waals surface area contributed by atoms with Gasteiger partial charge in [0.1, 0.15) is 11.9 Å². The van der Waals surface area contributed by atoms with E-state index in [9.17, 15) is 4.79 Å². The number of halogens is 1. The predicted molar refractivity (Wildman–Crippen MR) is 70.3 cm³/mol. The molecule has 0 N–H and O–H groups in total. The van der Waals surface area contributed by atoms with Crippen LogP contribution >= 0.6 is 11.6 Å². The number of nitrogens with zero attached hydrogens (tertiary/aromatic N) is 1. The van der Waals surface area contributed by atoms with E-state index in [4.69, 9.17) is 21.1 Å². The molecule has 100 valence electrons. The maximum atomic E-state index is 10.5. The molecule has 1 aromatic rings. The van der Waals surface area contributed by atoms with Crippen LogP contribution in [0.1, 0.15) is 24.8 Å². The van der Waals surface area contributed by atoms with Gasteiger partial charge in [0.2, 0.25) is 6.08 Å². The molecule has 2 aliphatic rings. The highest BCUT2D eigenvalue weighted by Crippen LogP contribution is 2.50. The predicted octanol–water partition coefficient (Wildman–Crippen LogP) is 2.83. The molecule has 1 aromatic carbocycles. The van der Waals surface area contributed by atoms with E-state index in [2.05, 4.69) is 4.99 Å². The number of isocyanates is 1. The van der Waals surface area contributed by atoms with Gasteiger partial charge in [0.05, 0.1) is 23.8 Å². The first-order valence-electron chi connectivity index (χ1n) is 6.37. The number of hydrogen-bond donors (Lipinski definition) is 0. The number of rotatable bonds is 4. The average molecular weight is 280 g/mol. The summed E-state index contributed by atoms with van der Waals surface area (Å²) in [5, 5.41) is 0.553. The van der Waals surface area contributed by atoms with E-state index in [1.54, 1.807) is 6.08 Å². The lowest BCUT2D eigenvalue weighted by Crippen LogP contribution is -2.16. The molecule has 1 atom stereocenters. The van der Waals surface area contributed by atoms with Crippen molar-refractivity contribution < 1.29 is 14.3 Å². The normalized spacial score (nSPS) is 23.7. The highest BCUT2D eigenvalue weighted by Gasteiger charge is 2.45. The first kappa shape index (κ1) is 12.7. The van der Waals surface area contributed by atoms with E-state index in [-0.39, 0.29) is 11.6 Å². The number of aliphatic imine (C=N–C) groups is 1. The number of hydrogen-bond acceptors (Lipinski definition) is 4. The van der Waals surface area contributed by atoms with Crippen molar-refractivity contribution in [2.45, 2.75) is 30.9 Å². The zero-order valence-corrected chi connectivity index (χ0v) is 11.2. The lowest BCUT2D eigenvalue weighted by Gasteiger charge is -2.15. The van der Waals surface area contributed by atoms with Crippen LogP contribution in [0.3, 0.4) is 0 Å². The second kappa shape index (κ2) is 4.97. The van der Waals surface area contributed by atoms with Crippen LogP contribution in [0.15, 0.2) is 23.2 Å². The van der Waals surface area contributed by atoms with Crippen LogP contribution in [0.5, 0.6) is 5.75 Å². The monoisotopic (exact) mass is 279 g/mol. The van der Waals surface area contributed by atoms with Crippen molar-refractivity contribution in [3.63, 3.8) is 0 Å². The van der Waals surface area contributed by atoms with E-state index in [0.717, 1.165) is 31.4 Å². The zero-order chi connectivity index (χ0) is 13.3. The van der Waals surface area contributed by atoms with Gasteiger partial charge in [-0.15, -0.1) is 0 Å². The Kier molecular flexibility index (Phi) is 3.31. The topological polar surface area (TPSA) is 47.9 Å². The number of ether oxygens (including phenoxy) is 2. The molecule has 0 bridgehead atoms. The Morgan fingerprint density at radius 3 is 2.89 bits per heavy atom. The molecule has 19 heavy (non-hydrogen) atoms. The Bertz CT molecular complexity index is 529. The summed E-state index contributed by atoms with van der Waals surface area (Å²) >= 11 is 6.24. The second-order valence-corrected chi connectivity index (χ2v) is 5.39. The van der Waals surface area contributed by atoms with Gasteiger partial charge in [0.15, 0.2) is 0 Å². The SMILES string of the molecule is O=C=NC1(c2ccc(OC3CCOC3)c(Cl)c2)CC1. The highest BCUT2D eigenvalue weighted by atomic mass is 35.5. The van der Waals surface area contributed by atoms with Gasteiger partial charge in [-0.3, -0.25) is 0 Å². The molecule has 4 nitrogen and oxygen atoms in total. The maximum Gasteiger partial charge on any atom is 0.235 e. The van der Waals surface area contributed by atoms with Gasteiger partial charge in [0.25, 0.3) is 0 Å². The van der Waals surface area contributed by atoms with E-state index in [0.29, 0.717) is 17.4 Å². The summed E-state index contributed by atoms with van der Waals surface area (Å²) in [5.41, 5.74) is 0.566. The molecule has 3 rings (SSSR count). The molecule has 2 fully saturated rings. The third-order valence-electron chi connectivity index (χ3n) is 3.63. The summed E-state index contributed by atoms with van der Waals surface area (Å²) < 4.78 is 11.1. The van der Waals surface area contributed by atoms with Crippen molar-refractivity contribution in [1.82, 2.24) is 0 Å². The van der Waals surface area contributed by atoms with Crippen LogP contribution in [-0.2, 0) is 15.1 Å². The van der Waals surface area contributed by atoms with E-state index >= 15 is 0 Å². The fraction of sp³-hybridized carbons (Fsp3) is 0.500.